The van der Waals surface area contributed by atoms with E-state index in [0.717, 1.165) is 6.42 Å². The molecule has 152 valence electrons. The summed E-state index contributed by atoms with van der Waals surface area (Å²) in [5.74, 6) is 2.85. The van der Waals surface area contributed by atoms with Crippen LogP contribution in [-0.2, 0) is 4.79 Å². The van der Waals surface area contributed by atoms with E-state index >= 15 is 0 Å². The molecule has 0 aromatic heterocycles. The van der Waals surface area contributed by atoms with E-state index in [-0.39, 0.29) is 18.4 Å². The summed E-state index contributed by atoms with van der Waals surface area (Å²) in [6, 6.07) is 10.2. The number of ether oxygens (including phenoxy) is 2. The van der Waals surface area contributed by atoms with E-state index in [1.165, 1.54) is 12.0 Å². The molecule has 29 heavy (non-hydrogen) atoms. The molecule has 1 N–H and O–H groups in total. The van der Waals surface area contributed by atoms with E-state index in [0.29, 0.717) is 39.4 Å². The fourth-order valence-electron chi connectivity index (χ4n) is 2.58. The number of rotatable bonds is 8. The summed E-state index contributed by atoms with van der Waals surface area (Å²) in [6.07, 6.45) is 6.21. The average Bonchev–Trinajstić information content (AvgIpc) is 2.71. The molecule has 0 unspecified atom stereocenters. The molecule has 0 heterocycles. The molecule has 0 aliphatic carbocycles. The number of likely N-dealkylation sites (N-methyl/N-ethyl adjacent to an activating group) is 1. The van der Waals surface area contributed by atoms with Crippen molar-refractivity contribution in [2.24, 2.45) is 0 Å². The van der Waals surface area contributed by atoms with Crippen LogP contribution < -0.4 is 14.8 Å². The highest BCUT2D eigenvalue weighted by atomic mass is 79.9. The summed E-state index contributed by atoms with van der Waals surface area (Å²) in [5, 5.41) is 2.74. The lowest BCUT2D eigenvalue weighted by atomic mass is 10.1. The molecular formula is C22H23BrN2O4. The van der Waals surface area contributed by atoms with Gasteiger partial charge in [0, 0.05) is 23.9 Å². The Morgan fingerprint density at radius 1 is 1.28 bits per heavy atom. The van der Waals surface area contributed by atoms with Crippen LogP contribution >= 0.6 is 15.9 Å². The van der Waals surface area contributed by atoms with Gasteiger partial charge in [-0.15, -0.1) is 6.42 Å². The number of hydrogen-bond acceptors (Lipinski definition) is 4. The Bertz CT molecular complexity index is 937. The molecule has 6 nitrogen and oxygen atoms in total. The van der Waals surface area contributed by atoms with Crippen molar-refractivity contribution in [3.05, 3.63) is 52.0 Å². The summed E-state index contributed by atoms with van der Waals surface area (Å²) in [4.78, 5) is 26.4. The van der Waals surface area contributed by atoms with Gasteiger partial charge in [-0.3, -0.25) is 9.59 Å². The number of benzene rings is 2. The number of hydrogen-bond donors (Lipinski definition) is 1. The molecule has 2 aromatic rings. The van der Waals surface area contributed by atoms with E-state index in [4.69, 9.17) is 15.9 Å². The monoisotopic (exact) mass is 458 g/mol. The van der Waals surface area contributed by atoms with Crippen LogP contribution in [0.15, 0.2) is 40.9 Å². The van der Waals surface area contributed by atoms with E-state index in [1.54, 1.807) is 43.4 Å². The summed E-state index contributed by atoms with van der Waals surface area (Å²) < 4.78 is 11.6. The van der Waals surface area contributed by atoms with Crippen LogP contribution in [0.5, 0.6) is 11.5 Å². The molecule has 0 aliphatic rings. The van der Waals surface area contributed by atoms with Crippen LogP contribution in [0.3, 0.4) is 0 Å². The molecule has 7 heteroatoms. The third-order valence-corrected chi connectivity index (χ3v) is 4.56. The number of nitrogens with zero attached hydrogens (tertiary/aromatic N) is 1. The quantitative estimate of drug-likeness (QED) is 0.608. The van der Waals surface area contributed by atoms with Gasteiger partial charge in [0.25, 0.3) is 5.91 Å². The van der Waals surface area contributed by atoms with Crippen molar-refractivity contribution in [3.63, 3.8) is 0 Å². The summed E-state index contributed by atoms with van der Waals surface area (Å²) >= 11 is 3.42. The largest absolute Gasteiger partial charge is 0.493 e. The first-order valence-electron chi connectivity index (χ1n) is 9.01. The Hall–Kier alpha value is -2.98. The minimum Gasteiger partial charge on any atom is -0.493 e. The van der Waals surface area contributed by atoms with Crippen LogP contribution in [-0.4, -0.2) is 44.0 Å². The first-order valence-corrected chi connectivity index (χ1v) is 9.81. The van der Waals surface area contributed by atoms with Gasteiger partial charge in [0.15, 0.2) is 11.5 Å². The highest BCUT2D eigenvalue weighted by Gasteiger charge is 2.20. The molecule has 0 aliphatic heterocycles. The second kappa shape index (κ2) is 10.5. The normalized spacial score (nSPS) is 10.0. The molecule has 2 aromatic carbocycles. The molecule has 0 bridgehead atoms. The van der Waals surface area contributed by atoms with Gasteiger partial charge in [0.2, 0.25) is 5.91 Å². The van der Waals surface area contributed by atoms with Crippen LogP contribution in [0.1, 0.15) is 29.3 Å². The predicted octanol–water partition coefficient (Wildman–Crippen LogP) is 3.94. The number of carbonyl (C=O) groups excluding carboxylic acids is 2. The van der Waals surface area contributed by atoms with Crippen LogP contribution in [0.2, 0.25) is 0 Å². The molecule has 2 rings (SSSR count). The predicted molar refractivity (Wildman–Crippen MR) is 116 cm³/mol. The van der Waals surface area contributed by atoms with Crippen molar-refractivity contribution in [3.8, 4) is 23.8 Å². The number of nitrogens with one attached hydrogen (secondary N) is 1. The second-order valence-electron chi connectivity index (χ2n) is 6.27. The summed E-state index contributed by atoms with van der Waals surface area (Å²) in [7, 11) is 3.07. The smallest absolute Gasteiger partial charge is 0.254 e. The fraction of sp³-hybridized carbons (Fsp3) is 0.273. The van der Waals surface area contributed by atoms with Gasteiger partial charge in [0.05, 0.1) is 24.7 Å². The second-order valence-corrected chi connectivity index (χ2v) is 7.13. The number of anilines is 1. The van der Waals surface area contributed by atoms with Gasteiger partial charge in [-0.1, -0.05) is 18.9 Å². The van der Waals surface area contributed by atoms with Crippen LogP contribution in [0, 0.1) is 12.3 Å². The zero-order chi connectivity index (χ0) is 21.4. The average molecular weight is 459 g/mol. The molecule has 0 saturated carbocycles. The fourth-order valence-corrected chi connectivity index (χ4v) is 3.14. The first-order chi connectivity index (χ1) is 13.9. The number of methoxy groups -OCH3 is 1. The van der Waals surface area contributed by atoms with Crippen molar-refractivity contribution in [2.45, 2.75) is 13.3 Å². The van der Waals surface area contributed by atoms with Crippen LogP contribution in [0.4, 0.5) is 5.69 Å². The molecule has 0 atom stereocenters. The molecule has 0 radical (unpaired) electrons. The third-order valence-electron chi connectivity index (χ3n) is 3.97. The third kappa shape index (κ3) is 6.00. The van der Waals surface area contributed by atoms with Crippen molar-refractivity contribution < 1.29 is 19.1 Å². The summed E-state index contributed by atoms with van der Waals surface area (Å²) in [5.41, 5.74) is 1.62. The zero-order valence-electron chi connectivity index (χ0n) is 16.6. The standard InChI is InChI=1S/C22H23BrN2O4/c1-5-10-29-21-18(23)12-16(13-19(21)28-4)22(27)25(3)14-20(26)24-17-9-7-8-15(6-2)11-17/h2,7-9,11-13H,5,10,14H2,1,3-4H3,(H,24,26). The van der Waals surface area contributed by atoms with E-state index in [9.17, 15) is 9.59 Å². The summed E-state index contributed by atoms with van der Waals surface area (Å²) in [6.45, 7) is 2.41. The number of carbonyl (C=O) groups is 2. The Morgan fingerprint density at radius 2 is 2.03 bits per heavy atom. The van der Waals surface area contributed by atoms with E-state index < -0.39 is 0 Å². The number of halogens is 1. The van der Waals surface area contributed by atoms with E-state index in [2.05, 4.69) is 27.2 Å². The van der Waals surface area contributed by atoms with Gasteiger partial charge in [-0.2, -0.15) is 0 Å². The zero-order valence-corrected chi connectivity index (χ0v) is 18.2. The minimum atomic E-state index is -0.330. The van der Waals surface area contributed by atoms with Crippen molar-refractivity contribution in [1.29, 1.82) is 0 Å². The highest BCUT2D eigenvalue weighted by molar-refractivity contribution is 9.10. The maximum atomic E-state index is 12.8. The van der Waals surface area contributed by atoms with Gasteiger partial charge < -0.3 is 19.7 Å². The van der Waals surface area contributed by atoms with Crippen molar-refractivity contribution >= 4 is 33.4 Å². The lowest BCUT2D eigenvalue weighted by molar-refractivity contribution is -0.116. The Balaban J connectivity index is 2.10. The topological polar surface area (TPSA) is 67.9 Å². The molecule has 0 fully saturated rings. The molecule has 0 saturated heterocycles. The lowest BCUT2D eigenvalue weighted by Crippen LogP contribution is -2.35. The van der Waals surface area contributed by atoms with Gasteiger partial charge >= 0.3 is 0 Å². The SMILES string of the molecule is C#Cc1cccc(NC(=O)CN(C)C(=O)c2cc(Br)c(OCCC)c(OC)c2)c1. The van der Waals surface area contributed by atoms with E-state index in [1.807, 2.05) is 6.92 Å². The Morgan fingerprint density at radius 3 is 2.69 bits per heavy atom. The molecule has 2 amide bonds. The minimum absolute atomic E-state index is 0.118. The first kappa shape index (κ1) is 22.3. The number of terminal acetylenes is 1. The highest BCUT2D eigenvalue weighted by Crippen LogP contribution is 2.37. The van der Waals surface area contributed by atoms with Gasteiger partial charge in [-0.25, -0.2) is 0 Å². The Kier molecular flexibility index (Phi) is 8.10. The van der Waals surface area contributed by atoms with Gasteiger partial charge in [-0.05, 0) is 52.7 Å². The van der Waals surface area contributed by atoms with Crippen molar-refractivity contribution in [2.75, 3.05) is 32.6 Å². The molecule has 0 spiro atoms. The number of amides is 2. The lowest BCUT2D eigenvalue weighted by Gasteiger charge is -2.19. The van der Waals surface area contributed by atoms with Gasteiger partial charge in [0.1, 0.15) is 0 Å². The maximum absolute atomic E-state index is 12.8. The maximum Gasteiger partial charge on any atom is 0.254 e. The van der Waals surface area contributed by atoms with Crippen molar-refractivity contribution in [1.82, 2.24) is 4.90 Å². The molecular weight excluding hydrogens is 436 g/mol. The Labute approximate surface area is 179 Å². The van der Waals surface area contributed by atoms with Crippen LogP contribution in [0.25, 0.3) is 0 Å².